The van der Waals surface area contributed by atoms with E-state index < -0.39 is 4.92 Å². The molecule has 0 spiro atoms. The largest absolute Gasteiger partial charge is 0.358 e. The highest BCUT2D eigenvalue weighted by atomic mass is 16.6. The van der Waals surface area contributed by atoms with Crippen molar-refractivity contribution in [2.24, 2.45) is 11.7 Å². The quantitative estimate of drug-likeness (QED) is 0.542. The van der Waals surface area contributed by atoms with Crippen LogP contribution in [0.25, 0.3) is 0 Å². The van der Waals surface area contributed by atoms with Crippen molar-refractivity contribution >= 4 is 11.7 Å². The van der Waals surface area contributed by atoms with Crippen LogP contribution in [0.2, 0.25) is 0 Å². The molecule has 7 nitrogen and oxygen atoms in total. The molecule has 18 heavy (non-hydrogen) atoms. The molecular formula is C11H16N4O3. The summed E-state index contributed by atoms with van der Waals surface area (Å²) in [6.07, 6.45) is 2.99. The van der Waals surface area contributed by atoms with Gasteiger partial charge in [0.2, 0.25) is 0 Å². The van der Waals surface area contributed by atoms with Crippen molar-refractivity contribution in [1.82, 2.24) is 10.3 Å². The Labute approximate surface area is 104 Å². The summed E-state index contributed by atoms with van der Waals surface area (Å²) in [5.74, 6) is -0.186. The second-order valence-electron chi connectivity index (χ2n) is 4.52. The first-order chi connectivity index (χ1) is 8.61. The molecule has 0 saturated heterocycles. The van der Waals surface area contributed by atoms with Crippen LogP contribution < -0.4 is 11.1 Å². The van der Waals surface area contributed by atoms with E-state index in [0.717, 1.165) is 19.3 Å². The van der Waals surface area contributed by atoms with Crippen molar-refractivity contribution in [2.45, 2.75) is 25.3 Å². The normalized spacial score (nSPS) is 22.9. The molecule has 0 bridgehead atoms. The predicted octanol–water partition coefficient (Wildman–Crippen LogP) is 0.780. The van der Waals surface area contributed by atoms with Crippen LogP contribution in [0.4, 0.5) is 5.82 Å². The minimum Gasteiger partial charge on any atom is -0.358 e. The molecule has 1 aromatic rings. The van der Waals surface area contributed by atoms with E-state index in [0.29, 0.717) is 12.5 Å². The SMILES string of the molecule is NCC1CCCC1NC(=O)c1ccc([N+](=O)[O-])[nH]1. The summed E-state index contributed by atoms with van der Waals surface area (Å²) in [6, 6.07) is 2.77. The van der Waals surface area contributed by atoms with Crippen molar-refractivity contribution in [3.8, 4) is 0 Å². The third-order valence-electron chi connectivity index (χ3n) is 3.39. The fourth-order valence-electron chi connectivity index (χ4n) is 2.38. The van der Waals surface area contributed by atoms with E-state index in [-0.39, 0.29) is 23.5 Å². The Kier molecular flexibility index (Phi) is 3.61. The molecule has 2 unspecified atom stereocenters. The molecule has 1 aliphatic carbocycles. The molecule has 98 valence electrons. The van der Waals surface area contributed by atoms with Crippen molar-refractivity contribution < 1.29 is 9.72 Å². The lowest BCUT2D eigenvalue weighted by molar-refractivity contribution is -0.389. The highest BCUT2D eigenvalue weighted by molar-refractivity contribution is 5.93. The first-order valence-corrected chi connectivity index (χ1v) is 5.96. The molecule has 0 radical (unpaired) electrons. The molecule has 1 aliphatic rings. The van der Waals surface area contributed by atoms with E-state index in [1.54, 1.807) is 0 Å². The number of hydrogen-bond donors (Lipinski definition) is 3. The van der Waals surface area contributed by atoms with Crippen molar-refractivity contribution in [3.05, 3.63) is 27.9 Å². The van der Waals surface area contributed by atoms with Crippen LogP contribution in [0.5, 0.6) is 0 Å². The number of rotatable bonds is 4. The lowest BCUT2D eigenvalue weighted by atomic mass is 10.0. The topological polar surface area (TPSA) is 114 Å². The molecule has 0 aliphatic heterocycles. The highest BCUT2D eigenvalue weighted by Crippen LogP contribution is 2.24. The van der Waals surface area contributed by atoms with Crippen LogP contribution >= 0.6 is 0 Å². The fourth-order valence-corrected chi connectivity index (χ4v) is 2.38. The summed E-state index contributed by atoms with van der Waals surface area (Å²) in [5.41, 5.74) is 5.85. The first kappa shape index (κ1) is 12.6. The zero-order valence-electron chi connectivity index (χ0n) is 9.89. The number of hydrogen-bond acceptors (Lipinski definition) is 4. The molecule has 1 aromatic heterocycles. The Hall–Kier alpha value is -1.89. The predicted molar refractivity (Wildman–Crippen MR) is 65.1 cm³/mol. The number of aromatic amines is 1. The number of carbonyl (C=O) groups excluding carboxylic acids is 1. The maximum absolute atomic E-state index is 11.9. The number of aromatic nitrogens is 1. The number of carbonyl (C=O) groups is 1. The second kappa shape index (κ2) is 5.18. The molecule has 0 aromatic carbocycles. The van der Waals surface area contributed by atoms with Crippen LogP contribution in [-0.2, 0) is 0 Å². The van der Waals surface area contributed by atoms with Crippen LogP contribution in [-0.4, -0.2) is 28.4 Å². The average Bonchev–Trinajstić information content (AvgIpc) is 2.96. The number of nitrogens with zero attached hydrogens (tertiary/aromatic N) is 1. The molecule has 4 N–H and O–H groups in total. The molecule has 1 amide bonds. The lowest BCUT2D eigenvalue weighted by Gasteiger charge is -2.18. The van der Waals surface area contributed by atoms with Gasteiger partial charge in [-0.25, -0.2) is 4.98 Å². The van der Waals surface area contributed by atoms with E-state index in [9.17, 15) is 14.9 Å². The van der Waals surface area contributed by atoms with Gasteiger partial charge in [-0.2, -0.15) is 0 Å². The maximum Gasteiger partial charge on any atom is 0.321 e. The smallest absolute Gasteiger partial charge is 0.321 e. The van der Waals surface area contributed by atoms with Crippen molar-refractivity contribution in [1.29, 1.82) is 0 Å². The van der Waals surface area contributed by atoms with E-state index in [1.807, 2.05) is 0 Å². The summed E-state index contributed by atoms with van der Waals surface area (Å²) < 4.78 is 0. The van der Waals surface area contributed by atoms with Gasteiger partial charge in [0, 0.05) is 12.1 Å². The zero-order valence-corrected chi connectivity index (χ0v) is 9.89. The second-order valence-corrected chi connectivity index (χ2v) is 4.52. The van der Waals surface area contributed by atoms with Crippen molar-refractivity contribution in [2.75, 3.05) is 6.54 Å². The first-order valence-electron chi connectivity index (χ1n) is 5.96. The molecule has 7 heteroatoms. The minimum atomic E-state index is -0.560. The summed E-state index contributed by atoms with van der Waals surface area (Å²) in [6.45, 7) is 0.551. The van der Waals surface area contributed by atoms with Gasteiger partial charge in [0.15, 0.2) is 5.69 Å². The van der Waals surface area contributed by atoms with Gasteiger partial charge in [0.05, 0.1) is 0 Å². The van der Waals surface area contributed by atoms with Crippen molar-refractivity contribution in [3.63, 3.8) is 0 Å². The highest BCUT2D eigenvalue weighted by Gasteiger charge is 2.28. The summed E-state index contributed by atoms with van der Waals surface area (Å²) in [7, 11) is 0. The Morgan fingerprint density at radius 3 is 2.94 bits per heavy atom. The maximum atomic E-state index is 11.9. The molecule has 1 heterocycles. The van der Waals surface area contributed by atoms with E-state index in [2.05, 4.69) is 10.3 Å². The molecule has 1 saturated carbocycles. The Balaban J connectivity index is 2.00. The average molecular weight is 252 g/mol. The van der Waals surface area contributed by atoms with Gasteiger partial charge in [-0.05, 0) is 36.3 Å². The third-order valence-corrected chi connectivity index (χ3v) is 3.39. The van der Waals surface area contributed by atoms with Gasteiger partial charge in [-0.15, -0.1) is 0 Å². The van der Waals surface area contributed by atoms with E-state index in [4.69, 9.17) is 5.73 Å². The monoisotopic (exact) mass is 252 g/mol. The Bertz CT molecular complexity index is 457. The minimum absolute atomic E-state index is 0.0739. The number of amides is 1. The number of nitrogens with two attached hydrogens (primary N) is 1. The van der Waals surface area contributed by atoms with E-state index >= 15 is 0 Å². The molecule has 2 rings (SSSR count). The molecule has 2 atom stereocenters. The molecular weight excluding hydrogens is 236 g/mol. The lowest BCUT2D eigenvalue weighted by Crippen LogP contribution is -2.40. The Morgan fingerprint density at radius 1 is 1.56 bits per heavy atom. The van der Waals surface area contributed by atoms with Gasteiger partial charge >= 0.3 is 5.82 Å². The van der Waals surface area contributed by atoms with Gasteiger partial charge in [-0.1, -0.05) is 6.42 Å². The standard InChI is InChI=1S/C11H16N4O3/c12-6-7-2-1-3-8(7)14-11(16)9-4-5-10(13-9)15(17)18/h4-5,7-8,13H,1-3,6,12H2,(H,14,16). The Morgan fingerprint density at radius 2 is 2.33 bits per heavy atom. The fraction of sp³-hybridized carbons (Fsp3) is 0.545. The summed E-state index contributed by atoms with van der Waals surface area (Å²) in [5, 5.41) is 13.4. The number of nitro groups is 1. The van der Waals surface area contributed by atoms with Gasteiger partial charge < -0.3 is 21.2 Å². The van der Waals surface area contributed by atoms with Crippen LogP contribution in [0.3, 0.4) is 0 Å². The number of nitrogens with one attached hydrogen (secondary N) is 2. The molecule has 1 fully saturated rings. The van der Waals surface area contributed by atoms with Gasteiger partial charge in [0.25, 0.3) is 5.91 Å². The number of H-pyrrole nitrogens is 1. The van der Waals surface area contributed by atoms with Crippen LogP contribution in [0.15, 0.2) is 12.1 Å². The zero-order chi connectivity index (χ0) is 13.1. The van der Waals surface area contributed by atoms with Gasteiger partial charge in [-0.3, -0.25) is 4.79 Å². The van der Waals surface area contributed by atoms with E-state index in [1.165, 1.54) is 12.1 Å². The van der Waals surface area contributed by atoms with Crippen LogP contribution in [0.1, 0.15) is 29.8 Å². The summed E-state index contributed by atoms with van der Waals surface area (Å²) in [4.78, 5) is 24.3. The third kappa shape index (κ3) is 2.51. The van der Waals surface area contributed by atoms with Crippen LogP contribution in [0, 0.1) is 16.0 Å². The van der Waals surface area contributed by atoms with Gasteiger partial charge in [0.1, 0.15) is 0 Å². The summed E-state index contributed by atoms with van der Waals surface area (Å²) >= 11 is 0.